The maximum Gasteiger partial charge on any atom is 0.224 e. The van der Waals surface area contributed by atoms with Gasteiger partial charge in [-0.2, -0.15) is 5.26 Å². The first kappa shape index (κ1) is 11.8. The van der Waals surface area contributed by atoms with E-state index in [1.165, 1.54) is 0 Å². The van der Waals surface area contributed by atoms with E-state index in [1.807, 2.05) is 13.0 Å². The molecule has 90 valence electrons. The molecule has 1 saturated heterocycles. The summed E-state index contributed by atoms with van der Waals surface area (Å²) in [5, 5.41) is 15.3. The van der Waals surface area contributed by atoms with Crippen LogP contribution < -0.4 is 10.6 Å². The van der Waals surface area contributed by atoms with E-state index < -0.39 is 0 Å². The number of aromatic nitrogens is 2. The molecule has 1 aromatic heterocycles. The Balaban J connectivity index is 2.13. The quantitative estimate of drug-likeness (QED) is 0.768. The minimum atomic E-state index is 0.102. The molecule has 1 aliphatic heterocycles. The Kier molecular flexibility index (Phi) is 3.52. The van der Waals surface area contributed by atoms with E-state index in [0.717, 1.165) is 18.8 Å². The lowest BCUT2D eigenvalue weighted by molar-refractivity contribution is 0.111. The molecule has 0 aromatic carbocycles. The Hall–Kier alpha value is -1.71. The number of nitrogens with zero attached hydrogens (tertiary/aromatic N) is 3. The molecule has 2 atom stereocenters. The highest BCUT2D eigenvalue weighted by molar-refractivity contribution is 5.34. The highest BCUT2D eigenvalue weighted by Crippen LogP contribution is 2.11. The van der Waals surface area contributed by atoms with E-state index in [4.69, 9.17) is 10.00 Å². The van der Waals surface area contributed by atoms with Gasteiger partial charge < -0.3 is 15.4 Å². The van der Waals surface area contributed by atoms with Crippen LogP contribution in [0.4, 0.5) is 5.95 Å². The van der Waals surface area contributed by atoms with Crippen molar-refractivity contribution in [1.29, 1.82) is 5.26 Å². The van der Waals surface area contributed by atoms with Gasteiger partial charge in [0.1, 0.15) is 11.8 Å². The number of nitriles is 1. The first-order valence-electron chi connectivity index (χ1n) is 5.48. The average molecular weight is 233 g/mol. The number of aryl methyl sites for hydroxylation is 1. The summed E-state index contributed by atoms with van der Waals surface area (Å²) in [6.07, 6.45) is 0.102. The van der Waals surface area contributed by atoms with Crippen molar-refractivity contribution in [3.63, 3.8) is 0 Å². The van der Waals surface area contributed by atoms with Gasteiger partial charge in [0.25, 0.3) is 0 Å². The van der Waals surface area contributed by atoms with E-state index >= 15 is 0 Å². The molecule has 6 nitrogen and oxygen atoms in total. The molecule has 1 aromatic rings. The van der Waals surface area contributed by atoms with Crippen molar-refractivity contribution < 1.29 is 4.74 Å². The predicted molar refractivity (Wildman–Crippen MR) is 62.6 cm³/mol. The Labute approximate surface area is 100 Å². The summed E-state index contributed by atoms with van der Waals surface area (Å²) < 4.78 is 5.34. The van der Waals surface area contributed by atoms with Crippen molar-refractivity contribution >= 4 is 5.95 Å². The predicted octanol–water partition coefficient (Wildman–Crippen LogP) is 0.0554. The van der Waals surface area contributed by atoms with Gasteiger partial charge in [0.15, 0.2) is 0 Å². The van der Waals surface area contributed by atoms with Crippen molar-refractivity contribution in [2.24, 2.45) is 0 Å². The normalized spacial score (nSPS) is 23.4. The van der Waals surface area contributed by atoms with Crippen LogP contribution >= 0.6 is 0 Å². The monoisotopic (exact) mass is 233 g/mol. The molecular weight excluding hydrogens is 218 g/mol. The lowest BCUT2D eigenvalue weighted by Crippen LogP contribution is -2.34. The molecule has 0 aliphatic carbocycles. The van der Waals surface area contributed by atoms with Gasteiger partial charge in [-0.05, 0) is 13.0 Å². The smallest absolute Gasteiger partial charge is 0.224 e. The Bertz CT molecular complexity index is 442. The van der Waals surface area contributed by atoms with Crippen LogP contribution in [0.3, 0.4) is 0 Å². The van der Waals surface area contributed by atoms with Crippen molar-refractivity contribution in [3.05, 3.63) is 17.5 Å². The maximum atomic E-state index is 8.84. The standard InChI is InChI=1S/C11H15N5O/c1-7-3-8(4-12)15-11(14-7)16-9-5-13-6-10(9)17-2/h3,9-10,13H,5-6H2,1-2H3,(H,14,15,16)/t9?,10-/m0/s1. The number of hydrogen-bond acceptors (Lipinski definition) is 6. The van der Waals surface area contributed by atoms with Crippen LogP contribution in [-0.2, 0) is 4.74 Å². The third-order valence-electron chi connectivity index (χ3n) is 2.74. The summed E-state index contributed by atoms with van der Waals surface area (Å²) >= 11 is 0. The third kappa shape index (κ3) is 2.70. The highest BCUT2D eigenvalue weighted by Gasteiger charge is 2.27. The Morgan fingerprint density at radius 3 is 3.06 bits per heavy atom. The third-order valence-corrected chi connectivity index (χ3v) is 2.74. The molecule has 6 heteroatoms. The fourth-order valence-corrected chi connectivity index (χ4v) is 1.90. The van der Waals surface area contributed by atoms with Gasteiger partial charge in [-0.25, -0.2) is 9.97 Å². The SMILES string of the molecule is CO[C@H]1CNCC1Nc1nc(C)cc(C#N)n1. The lowest BCUT2D eigenvalue weighted by atomic mass is 10.2. The second-order valence-electron chi connectivity index (χ2n) is 4.01. The van der Waals surface area contributed by atoms with Gasteiger partial charge in [-0.15, -0.1) is 0 Å². The lowest BCUT2D eigenvalue weighted by Gasteiger charge is -2.18. The number of hydrogen-bond donors (Lipinski definition) is 2. The first-order chi connectivity index (χ1) is 8.22. The van der Waals surface area contributed by atoms with Crippen molar-refractivity contribution in [2.75, 3.05) is 25.5 Å². The van der Waals surface area contributed by atoms with E-state index in [9.17, 15) is 0 Å². The van der Waals surface area contributed by atoms with E-state index in [-0.39, 0.29) is 12.1 Å². The van der Waals surface area contributed by atoms with Crippen LogP contribution in [0.5, 0.6) is 0 Å². The van der Waals surface area contributed by atoms with Crippen LogP contribution in [0.15, 0.2) is 6.07 Å². The van der Waals surface area contributed by atoms with Gasteiger partial charge in [0.2, 0.25) is 5.95 Å². The minimum absolute atomic E-state index is 0.102. The van der Waals surface area contributed by atoms with E-state index in [1.54, 1.807) is 13.2 Å². The molecular formula is C11H15N5O. The molecule has 1 fully saturated rings. The maximum absolute atomic E-state index is 8.84. The van der Waals surface area contributed by atoms with Crippen LogP contribution in [0.1, 0.15) is 11.4 Å². The molecule has 2 heterocycles. The fourth-order valence-electron chi connectivity index (χ4n) is 1.90. The molecule has 1 aliphatic rings. The fraction of sp³-hybridized carbons (Fsp3) is 0.545. The summed E-state index contributed by atoms with van der Waals surface area (Å²) in [4.78, 5) is 8.37. The second kappa shape index (κ2) is 5.08. The average Bonchev–Trinajstić information content (AvgIpc) is 2.75. The van der Waals surface area contributed by atoms with Gasteiger partial charge in [-0.3, -0.25) is 0 Å². The Morgan fingerprint density at radius 2 is 2.35 bits per heavy atom. The zero-order valence-electron chi connectivity index (χ0n) is 9.90. The molecule has 0 bridgehead atoms. The van der Waals surface area contributed by atoms with Gasteiger partial charge in [-0.1, -0.05) is 0 Å². The molecule has 0 saturated carbocycles. The second-order valence-corrected chi connectivity index (χ2v) is 4.01. The minimum Gasteiger partial charge on any atom is -0.378 e. The Morgan fingerprint density at radius 1 is 1.53 bits per heavy atom. The summed E-state index contributed by atoms with van der Waals surface area (Å²) in [6, 6.07) is 3.81. The molecule has 0 spiro atoms. The van der Waals surface area contributed by atoms with Gasteiger partial charge >= 0.3 is 0 Å². The summed E-state index contributed by atoms with van der Waals surface area (Å²) in [5.41, 5.74) is 1.15. The summed E-state index contributed by atoms with van der Waals surface area (Å²) in [7, 11) is 1.68. The topological polar surface area (TPSA) is 82.9 Å². The number of ether oxygens (including phenoxy) is 1. The molecule has 0 amide bonds. The summed E-state index contributed by atoms with van der Waals surface area (Å²) in [5.74, 6) is 0.484. The number of rotatable bonds is 3. The van der Waals surface area contributed by atoms with Crippen LogP contribution in [0.2, 0.25) is 0 Å². The van der Waals surface area contributed by atoms with Crippen molar-refractivity contribution in [3.8, 4) is 6.07 Å². The summed E-state index contributed by atoms with van der Waals surface area (Å²) in [6.45, 7) is 3.46. The highest BCUT2D eigenvalue weighted by atomic mass is 16.5. The molecule has 0 radical (unpaired) electrons. The zero-order valence-corrected chi connectivity index (χ0v) is 9.90. The van der Waals surface area contributed by atoms with Gasteiger partial charge in [0, 0.05) is 25.9 Å². The number of nitrogens with one attached hydrogen (secondary N) is 2. The first-order valence-corrected chi connectivity index (χ1v) is 5.48. The van der Waals surface area contributed by atoms with Crippen molar-refractivity contribution in [2.45, 2.75) is 19.1 Å². The van der Waals surface area contributed by atoms with Crippen LogP contribution in [-0.4, -0.2) is 42.3 Å². The van der Waals surface area contributed by atoms with E-state index in [2.05, 4.69) is 20.6 Å². The number of anilines is 1. The number of methoxy groups -OCH3 is 1. The van der Waals surface area contributed by atoms with E-state index in [0.29, 0.717) is 11.6 Å². The molecule has 17 heavy (non-hydrogen) atoms. The van der Waals surface area contributed by atoms with Gasteiger partial charge in [0.05, 0.1) is 12.1 Å². The molecule has 2 rings (SSSR count). The molecule has 2 N–H and O–H groups in total. The van der Waals surface area contributed by atoms with Crippen LogP contribution in [0, 0.1) is 18.3 Å². The van der Waals surface area contributed by atoms with Crippen molar-refractivity contribution in [1.82, 2.24) is 15.3 Å². The van der Waals surface area contributed by atoms with Crippen LogP contribution in [0.25, 0.3) is 0 Å². The zero-order chi connectivity index (χ0) is 12.3. The molecule has 1 unspecified atom stereocenters. The largest absolute Gasteiger partial charge is 0.378 e.